The first-order valence-electron chi connectivity index (χ1n) is 8.72. The van der Waals surface area contributed by atoms with Crippen LogP contribution in [0.3, 0.4) is 0 Å². The highest BCUT2D eigenvalue weighted by Gasteiger charge is 2.22. The van der Waals surface area contributed by atoms with E-state index in [4.69, 9.17) is 9.47 Å². The van der Waals surface area contributed by atoms with Crippen LogP contribution in [-0.4, -0.2) is 30.9 Å². The number of methoxy groups -OCH3 is 1. The van der Waals surface area contributed by atoms with Gasteiger partial charge in [-0.2, -0.15) is 0 Å². The molecule has 1 N–H and O–H groups in total. The molecule has 7 heteroatoms. The number of esters is 1. The zero-order chi connectivity index (χ0) is 20.8. The smallest absolute Gasteiger partial charge is 0.341 e. The van der Waals surface area contributed by atoms with E-state index in [1.807, 2.05) is 0 Å². The summed E-state index contributed by atoms with van der Waals surface area (Å²) in [6, 6.07) is 9.95. The van der Waals surface area contributed by atoms with E-state index in [9.17, 15) is 18.8 Å². The Hall–Kier alpha value is -3.22. The molecule has 148 valence electrons. The molecular formula is C21H22FNO5. The number of carbonyl (C=O) groups excluding carboxylic acids is 3. The lowest BCUT2D eigenvalue weighted by atomic mass is 10.1. The van der Waals surface area contributed by atoms with Gasteiger partial charge in [0, 0.05) is 23.2 Å². The van der Waals surface area contributed by atoms with E-state index in [1.54, 1.807) is 26.0 Å². The summed E-state index contributed by atoms with van der Waals surface area (Å²) in [4.78, 5) is 36.3. The number of ketones is 1. The zero-order valence-corrected chi connectivity index (χ0v) is 16.1. The first-order valence-corrected chi connectivity index (χ1v) is 8.72. The molecule has 2 aromatic carbocycles. The number of Topliss-reactive ketones (excluding diaryl/α,β-unsaturated/α-hetero) is 1. The highest BCUT2D eigenvalue weighted by atomic mass is 19.1. The van der Waals surface area contributed by atoms with Crippen LogP contribution in [0.2, 0.25) is 0 Å². The molecule has 0 aliphatic rings. The SMILES string of the molecule is COc1ccc(C(=O)O[C@@H](C)C(=O)c2ccc(NC(=O)C(C)C)cc2)c(F)c1. The maximum Gasteiger partial charge on any atom is 0.341 e. The zero-order valence-electron chi connectivity index (χ0n) is 16.1. The van der Waals surface area contributed by atoms with E-state index in [2.05, 4.69) is 5.32 Å². The largest absolute Gasteiger partial charge is 0.497 e. The molecule has 0 fully saturated rings. The summed E-state index contributed by atoms with van der Waals surface area (Å²) in [7, 11) is 1.38. The second kappa shape index (κ2) is 9.12. The Morgan fingerprint density at radius 2 is 1.64 bits per heavy atom. The van der Waals surface area contributed by atoms with Gasteiger partial charge >= 0.3 is 5.97 Å². The summed E-state index contributed by atoms with van der Waals surface area (Å²) >= 11 is 0. The molecule has 0 saturated carbocycles. The number of anilines is 1. The highest BCUT2D eigenvalue weighted by Crippen LogP contribution is 2.19. The number of hydrogen-bond donors (Lipinski definition) is 1. The normalized spacial score (nSPS) is 11.6. The lowest BCUT2D eigenvalue weighted by molar-refractivity contribution is -0.118. The second-order valence-electron chi connectivity index (χ2n) is 6.48. The Balaban J connectivity index is 2.04. The molecule has 0 spiro atoms. The van der Waals surface area contributed by atoms with Crippen molar-refractivity contribution in [2.75, 3.05) is 12.4 Å². The van der Waals surface area contributed by atoms with Crippen molar-refractivity contribution in [2.45, 2.75) is 26.9 Å². The van der Waals surface area contributed by atoms with Gasteiger partial charge in [0.2, 0.25) is 11.7 Å². The first-order chi connectivity index (χ1) is 13.2. The predicted octanol–water partition coefficient (Wildman–Crippen LogP) is 3.86. The van der Waals surface area contributed by atoms with E-state index >= 15 is 0 Å². The number of ether oxygens (including phenoxy) is 2. The van der Waals surface area contributed by atoms with Gasteiger partial charge in [-0.25, -0.2) is 9.18 Å². The van der Waals surface area contributed by atoms with Crippen molar-refractivity contribution >= 4 is 23.3 Å². The van der Waals surface area contributed by atoms with E-state index < -0.39 is 23.7 Å². The van der Waals surface area contributed by atoms with Gasteiger partial charge < -0.3 is 14.8 Å². The number of amides is 1. The summed E-state index contributed by atoms with van der Waals surface area (Å²) in [6.07, 6.45) is -1.11. The van der Waals surface area contributed by atoms with Crippen LogP contribution in [0.1, 0.15) is 41.5 Å². The molecule has 0 aliphatic heterocycles. The summed E-state index contributed by atoms with van der Waals surface area (Å²) < 4.78 is 23.9. The summed E-state index contributed by atoms with van der Waals surface area (Å²) in [6.45, 7) is 4.96. The van der Waals surface area contributed by atoms with Gasteiger partial charge in [-0.05, 0) is 43.3 Å². The lowest BCUT2D eigenvalue weighted by Gasteiger charge is -2.14. The standard InChI is InChI=1S/C21H22FNO5/c1-12(2)20(25)23-15-7-5-14(6-8-15)19(24)13(3)28-21(26)17-10-9-16(27-4)11-18(17)22/h5-13H,1-4H3,(H,23,25)/t13-/m0/s1. The Bertz CT molecular complexity index is 877. The van der Waals surface area contributed by atoms with Crippen LogP contribution in [0.4, 0.5) is 10.1 Å². The maximum absolute atomic E-state index is 14.0. The van der Waals surface area contributed by atoms with E-state index in [0.717, 1.165) is 6.07 Å². The van der Waals surface area contributed by atoms with E-state index in [0.29, 0.717) is 11.3 Å². The minimum absolute atomic E-state index is 0.136. The molecule has 1 amide bonds. The molecule has 0 heterocycles. The fourth-order valence-electron chi connectivity index (χ4n) is 2.31. The van der Waals surface area contributed by atoms with Crippen molar-refractivity contribution in [3.05, 3.63) is 59.4 Å². The van der Waals surface area contributed by atoms with E-state index in [1.165, 1.54) is 38.3 Å². The second-order valence-corrected chi connectivity index (χ2v) is 6.48. The molecule has 0 saturated heterocycles. The molecule has 2 rings (SSSR count). The van der Waals surface area contributed by atoms with Crippen molar-refractivity contribution in [1.82, 2.24) is 0 Å². The number of benzene rings is 2. The fraction of sp³-hybridized carbons (Fsp3) is 0.286. The molecule has 2 aromatic rings. The number of hydrogen-bond acceptors (Lipinski definition) is 5. The third kappa shape index (κ3) is 5.16. The summed E-state index contributed by atoms with van der Waals surface area (Å²) in [5.41, 5.74) is 0.574. The average Bonchev–Trinajstić information content (AvgIpc) is 2.67. The molecule has 0 aromatic heterocycles. The van der Waals surface area contributed by atoms with Crippen LogP contribution >= 0.6 is 0 Å². The molecule has 6 nitrogen and oxygen atoms in total. The number of rotatable bonds is 7. The Kier molecular flexibility index (Phi) is 6.87. The average molecular weight is 387 g/mol. The Morgan fingerprint density at radius 1 is 1.00 bits per heavy atom. The van der Waals surface area contributed by atoms with Gasteiger partial charge in [0.25, 0.3) is 0 Å². The van der Waals surface area contributed by atoms with Gasteiger partial charge in [-0.3, -0.25) is 9.59 Å². The highest BCUT2D eigenvalue weighted by molar-refractivity contribution is 6.02. The molecule has 28 heavy (non-hydrogen) atoms. The van der Waals surface area contributed by atoms with Crippen LogP contribution in [0.15, 0.2) is 42.5 Å². The third-order valence-electron chi connectivity index (χ3n) is 4.01. The van der Waals surface area contributed by atoms with Gasteiger partial charge in [-0.1, -0.05) is 13.8 Å². The minimum Gasteiger partial charge on any atom is -0.497 e. The van der Waals surface area contributed by atoms with Crippen molar-refractivity contribution in [3.8, 4) is 5.75 Å². The van der Waals surface area contributed by atoms with Crippen LogP contribution in [-0.2, 0) is 9.53 Å². The molecular weight excluding hydrogens is 365 g/mol. The predicted molar refractivity (Wildman–Crippen MR) is 102 cm³/mol. The van der Waals surface area contributed by atoms with Gasteiger partial charge in [0.15, 0.2) is 6.10 Å². The van der Waals surface area contributed by atoms with Crippen molar-refractivity contribution in [3.63, 3.8) is 0 Å². The molecule has 1 atom stereocenters. The third-order valence-corrected chi connectivity index (χ3v) is 4.01. The number of nitrogens with one attached hydrogen (secondary N) is 1. The molecule has 0 aliphatic carbocycles. The van der Waals surface area contributed by atoms with Gasteiger partial charge in [-0.15, -0.1) is 0 Å². The quantitative estimate of drug-likeness (QED) is 0.576. The molecule has 0 radical (unpaired) electrons. The minimum atomic E-state index is -1.11. The van der Waals surface area contributed by atoms with Crippen LogP contribution in [0.5, 0.6) is 5.75 Å². The Labute approximate surface area is 162 Å². The van der Waals surface area contributed by atoms with Crippen molar-refractivity contribution in [1.29, 1.82) is 0 Å². The molecule has 0 bridgehead atoms. The first kappa shape index (κ1) is 21.1. The summed E-state index contributed by atoms with van der Waals surface area (Å²) in [5.74, 6) is -2.22. The van der Waals surface area contributed by atoms with Crippen molar-refractivity contribution in [2.24, 2.45) is 5.92 Å². The number of halogens is 1. The lowest BCUT2D eigenvalue weighted by Crippen LogP contribution is -2.25. The van der Waals surface area contributed by atoms with Crippen LogP contribution in [0, 0.1) is 11.7 Å². The molecule has 0 unspecified atom stereocenters. The van der Waals surface area contributed by atoms with Gasteiger partial charge in [0.05, 0.1) is 12.7 Å². The topological polar surface area (TPSA) is 81.7 Å². The number of carbonyl (C=O) groups is 3. The Morgan fingerprint density at radius 3 is 2.18 bits per heavy atom. The fourth-order valence-corrected chi connectivity index (χ4v) is 2.31. The monoisotopic (exact) mass is 387 g/mol. The maximum atomic E-state index is 14.0. The van der Waals surface area contributed by atoms with Crippen LogP contribution < -0.4 is 10.1 Å². The van der Waals surface area contributed by atoms with Gasteiger partial charge in [0.1, 0.15) is 11.6 Å². The van der Waals surface area contributed by atoms with Crippen molar-refractivity contribution < 1.29 is 28.2 Å². The van der Waals surface area contributed by atoms with E-state index in [-0.39, 0.29) is 23.1 Å². The van der Waals surface area contributed by atoms with Crippen LogP contribution in [0.25, 0.3) is 0 Å². The summed E-state index contributed by atoms with van der Waals surface area (Å²) in [5, 5.41) is 2.72.